The predicted octanol–water partition coefficient (Wildman–Crippen LogP) is 1.10. The summed E-state index contributed by atoms with van der Waals surface area (Å²) in [5.41, 5.74) is 6.69. The molecule has 0 bridgehead atoms. The first kappa shape index (κ1) is 11.7. The molecule has 15 heavy (non-hydrogen) atoms. The summed E-state index contributed by atoms with van der Waals surface area (Å²) >= 11 is 0. The number of benzene rings is 1. The summed E-state index contributed by atoms with van der Waals surface area (Å²) in [7, 11) is 0. The SMILES string of the molecule is Cc1ccc(CNC(=O)[C@H](C)N)cc1F. The molecule has 0 saturated heterocycles. The lowest BCUT2D eigenvalue weighted by Gasteiger charge is -2.08. The summed E-state index contributed by atoms with van der Waals surface area (Å²) in [6.45, 7) is 3.60. The maximum absolute atomic E-state index is 13.1. The van der Waals surface area contributed by atoms with Crippen LogP contribution in [0.15, 0.2) is 18.2 Å². The molecule has 0 heterocycles. The van der Waals surface area contributed by atoms with Crippen LogP contribution in [0.2, 0.25) is 0 Å². The summed E-state index contributed by atoms with van der Waals surface area (Å²) in [6, 6.07) is 4.33. The number of carbonyl (C=O) groups is 1. The van der Waals surface area contributed by atoms with Crippen LogP contribution in [0.4, 0.5) is 4.39 Å². The van der Waals surface area contributed by atoms with Crippen molar-refractivity contribution in [2.75, 3.05) is 0 Å². The normalized spacial score (nSPS) is 12.3. The first-order valence-corrected chi connectivity index (χ1v) is 4.79. The summed E-state index contributed by atoms with van der Waals surface area (Å²) < 4.78 is 13.1. The molecule has 4 heteroatoms. The highest BCUT2D eigenvalue weighted by Crippen LogP contribution is 2.08. The van der Waals surface area contributed by atoms with Crippen molar-refractivity contribution < 1.29 is 9.18 Å². The topological polar surface area (TPSA) is 55.1 Å². The Kier molecular flexibility index (Phi) is 3.80. The van der Waals surface area contributed by atoms with Crippen LogP contribution >= 0.6 is 0 Å². The van der Waals surface area contributed by atoms with Crippen molar-refractivity contribution in [1.82, 2.24) is 5.32 Å². The average Bonchev–Trinajstić information content (AvgIpc) is 2.19. The lowest BCUT2D eigenvalue weighted by molar-refractivity contribution is -0.122. The lowest BCUT2D eigenvalue weighted by atomic mass is 10.1. The molecule has 1 rings (SSSR count). The van der Waals surface area contributed by atoms with Gasteiger partial charge in [0.2, 0.25) is 5.91 Å². The molecule has 0 unspecified atom stereocenters. The Morgan fingerprint density at radius 3 is 2.80 bits per heavy atom. The van der Waals surface area contributed by atoms with E-state index in [4.69, 9.17) is 5.73 Å². The van der Waals surface area contributed by atoms with Gasteiger partial charge in [0.05, 0.1) is 6.04 Å². The summed E-state index contributed by atoms with van der Waals surface area (Å²) in [5.74, 6) is -0.501. The maximum atomic E-state index is 13.1. The Balaban J connectivity index is 2.58. The van der Waals surface area contributed by atoms with E-state index in [2.05, 4.69) is 5.32 Å². The molecule has 3 nitrogen and oxygen atoms in total. The van der Waals surface area contributed by atoms with Crippen molar-refractivity contribution in [1.29, 1.82) is 0 Å². The Labute approximate surface area is 88.5 Å². The lowest BCUT2D eigenvalue weighted by Crippen LogP contribution is -2.37. The molecule has 1 aromatic rings. The maximum Gasteiger partial charge on any atom is 0.236 e. The van der Waals surface area contributed by atoms with Crippen LogP contribution in [0.3, 0.4) is 0 Å². The second kappa shape index (κ2) is 4.89. The van der Waals surface area contributed by atoms with Crippen molar-refractivity contribution in [3.63, 3.8) is 0 Å². The van der Waals surface area contributed by atoms with Crippen molar-refractivity contribution in [2.24, 2.45) is 5.73 Å². The minimum absolute atomic E-state index is 0.240. The molecular weight excluding hydrogens is 195 g/mol. The number of nitrogens with two attached hydrogens (primary N) is 1. The van der Waals surface area contributed by atoms with Gasteiger partial charge < -0.3 is 11.1 Å². The van der Waals surface area contributed by atoms with E-state index >= 15 is 0 Å². The number of nitrogens with one attached hydrogen (secondary N) is 1. The standard InChI is InChI=1S/C11H15FN2O/c1-7-3-4-9(5-10(7)12)6-14-11(15)8(2)13/h3-5,8H,6,13H2,1-2H3,(H,14,15)/t8-/m0/s1. The minimum Gasteiger partial charge on any atom is -0.351 e. The van der Waals surface area contributed by atoms with E-state index in [0.717, 1.165) is 5.56 Å². The van der Waals surface area contributed by atoms with Gasteiger partial charge in [-0.1, -0.05) is 12.1 Å². The third kappa shape index (κ3) is 3.32. The number of halogens is 1. The van der Waals surface area contributed by atoms with Crippen LogP contribution in [-0.4, -0.2) is 11.9 Å². The molecule has 0 aliphatic carbocycles. The number of aryl methyl sites for hydroxylation is 1. The smallest absolute Gasteiger partial charge is 0.236 e. The fourth-order valence-corrected chi connectivity index (χ4v) is 1.10. The van der Waals surface area contributed by atoms with E-state index in [1.165, 1.54) is 6.07 Å². The van der Waals surface area contributed by atoms with Crippen LogP contribution < -0.4 is 11.1 Å². The van der Waals surface area contributed by atoms with E-state index in [1.807, 2.05) is 0 Å². The van der Waals surface area contributed by atoms with Crippen LogP contribution in [0.1, 0.15) is 18.1 Å². The zero-order valence-electron chi connectivity index (χ0n) is 8.88. The molecule has 1 atom stereocenters. The third-order valence-electron chi connectivity index (χ3n) is 2.12. The second-order valence-corrected chi connectivity index (χ2v) is 3.59. The average molecular weight is 210 g/mol. The first-order chi connectivity index (χ1) is 7.00. The van der Waals surface area contributed by atoms with Gasteiger partial charge in [-0.25, -0.2) is 4.39 Å². The quantitative estimate of drug-likeness (QED) is 0.784. The molecule has 3 N–H and O–H groups in total. The van der Waals surface area contributed by atoms with Crippen molar-refractivity contribution in [3.05, 3.63) is 35.1 Å². The van der Waals surface area contributed by atoms with E-state index in [9.17, 15) is 9.18 Å². The van der Waals surface area contributed by atoms with Crippen molar-refractivity contribution in [2.45, 2.75) is 26.4 Å². The molecule has 82 valence electrons. The summed E-state index contributed by atoms with van der Waals surface area (Å²) in [5, 5.41) is 2.61. The molecule has 1 aromatic carbocycles. The van der Waals surface area contributed by atoms with E-state index in [-0.39, 0.29) is 11.7 Å². The zero-order chi connectivity index (χ0) is 11.4. The largest absolute Gasteiger partial charge is 0.351 e. The second-order valence-electron chi connectivity index (χ2n) is 3.59. The van der Waals surface area contributed by atoms with Gasteiger partial charge in [-0.15, -0.1) is 0 Å². The van der Waals surface area contributed by atoms with Gasteiger partial charge in [-0.3, -0.25) is 4.79 Å². The van der Waals surface area contributed by atoms with Crippen LogP contribution in [-0.2, 0) is 11.3 Å². The van der Waals surface area contributed by atoms with Gasteiger partial charge in [0.15, 0.2) is 0 Å². The molecule has 0 aliphatic rings. The Hall–Kier alpha value is -1.42. The first-order valence-electron chi connectivity index (χ1n) is 4.79. The molecule has 1 amide bonds. The number of hydrogen-bond donors (Lipinski definition) is 2. The highest BCUT2D eigenvalue weighted by Gasteiger charge is 2.06. The predicted molar refractivity (Wildman–Crippen MR) is 56.6 cm³/mol. The Bertz CT molecular complexity index is 364. The molecule has 0 saturated carbocycles. The van der Waals surface area contributed by atoms with Gasteiger partial charge in [0.1, 0.15) is 5.82 Å². The fourth-order valence-electron chi connectivity index (χ4n) is 1.10. The zero-order valence-corrected chi connectivity index (χ0v) is 8.88. The molecule has 0 aliphatic heterocycles. The van der Waals surface area contributed by atoms with Gasteiger partial charge in [0, 0.05) is 6.54 Å². The van der Waals surface area contributed by atoms with Crippen molar-refractivity contribution >= 4 is 5.91 Å². The number of hydrogen-bond acceptors (Lipinski definition) is 2. The number of rotatable bonds is 3. The summed E-state index contributed by atoms with van der Waals surface area (Å²) in [4.78, 5) is 11.1. The Morgan fingerprint density at radius 1 is 1.60 bits per heavy atom. The minimum atomic E-state index is -0.541. The Morgan fingerprint density at radius 2 is 2.27 bits per heavy atom. The molecule has 0 aromatic heterocycles. The monoisotopic (exact) mass is 210 g/mol. The fraction of sp³-hybridized carbons (Fsp3) is 0.364. The van der Waals surface area contributed by atoms with Gasteiger partial charge >= 0.3 is 0 Å². The van der Waals surface area contributed by atoms with Gasteiger partial charge in [-0.05, 0) is 31.0 Å². The van der Waals surface area contributed by atoms with Crippen LogP contribution in [0.5, 0.6) is 0 Å². The molecule has 0 spiro atoms. The van der Waals surface area contributed by atoms with E-state index in [0.29, 0.717) is 12.1 Å². The number of amides is 1. The summed E-state index contributed by atoms with van der Waals surface area (Å²) in [6.07, 6.45) is 0. The van der Waals surface area contributed by atoms with E-state index in [1.54, 1.807) is 26.0 Å². The number of carbonyl (C=O) groups excluding carboxylic acids is 1. The van der Waals surface area contributed by atoms with Gasteiger partial charge in [-0.2, -0.15) is 0 Å². The highest BCUT2D eigenvalue weighted by molar-refractivity contribution is 5.80. The van der Waals surface area contributed by atoms with Crippen LogP contribution in [0.25, 0.3) is 0 Å². The highest BCUT2D eigenvalue weighted by atomic mass is 19.1. The molecule has 0 fully saturated rings. The van der Waals surface area contributed by atoms with Crippen molar-refractivity contribution in [3.8, 4) is 0 Å². The molecular formula is C11H15FN2O. The molecule has 0 radical (unpaired) electrons. The van der Waals surface area contributed by atoms with Crippen LogP contribution in [0, 0.1) is 12.7 Å². The van der Waals surface area contributed by atoms with E-state index < -0.39 is 6.04 Å². The third-order valence-corrected chi connectivity index (χ3v) is 2.12. The van der Waals surface area contributed by atoms with Gasteiger partial charge in [0.25, 0.3) is 0 Å².